The Bertz CT molecular complexity index is 274. The number of esters is 2. The number of carbonyl (C=O) groups is 2. The summed E-state index contributed by atoms with van der Waals surface area (Å²) < 4.78 is 14.9. The molecule has 2 rings (SSSR count). The number of rotatable bonds is 1. The lowest BCUT2D eigenvalue weighted by atomic mass is 9.76. The third kappa shape index (κ3) is 1.24. The van der Waals surface area contributed by atoms with E-state index in [-0.39, 0.29) is 12.5 Å². The van der Waals surface area contributed by atoms with E-state index < -0.39 is 17.4 Å². The summed E-state index contributed by atoms with van der Waals surface area (Å²) >= 11 is 0. The van der Waals surface area contributed by atoms with Gasteiger partial charge in [-0.25, -0.2) is 0 Å². The maximum atomic E-state index is 11.6. The number of ether oxygens (including phenoxy) is 3. The van der Waals surface area contributed by atoms with Crippen molar-refractivity contribution in [1.29, 1.82) is 0 Å². The summed E-state index contributed by atoms with van der Waals surface area (Å²) in [5, 5.41) is 0. The molecule has 1 spiro atoms. The molecular formula is C9H12O5. The van der Waals surface area contributed by atoms with Crippen LogP contribution in [0.5, 0.6) is 0 Å². The Kier molecular flexibility index (Phi) is 2.28. The molecule has 5 heteroatoms. The van der Waals surface area contributed by atoms with Crippen LogP contribution in [0.25, 0.3) is 0 Å². The molecule has 2 unspecified atom stereocenters. The molecule has 0 saturated carbocycles. The molecule has 0 aliphatic carbocycles. The maximum Gasteiger partial charge on any atom is 0.323 e. The second-order valence-electron chi connectivity index (χ2n) is 3.64. The number of hydrogen-bond acceptors (Lipinski definition) is 5. The molecule has 5 nitrogen and oxygen atoms in total. The lowest BCUT2D eigenvalue weighted by Gasteiger charge is -2.35. The molecule has 2 aliphatic heterocycles. The van der Waals surface area contributed by atoms with E-state index >= 15 is 0 Å². The van der Waals surface area contributed by atoms with Gasteiger partial charge in [0.2, 0.25) is 0 Å². The lowest BCUT2D eigenvalue weighted by Crippen LogP contribution is -2.47. The van der Waals surface area contributed by atoms with Crippen molar-refractivity contribution in [1.82, 2.24) is 0 Å². The zero-order chi connectivity index (χ0) is 10.2. The van der Waals surface area contributed by atoms with Gasteiger partial charge >= 0.3 is 11.9 Å². The van der Waals surface area contributed by atoms with E-state index in [0.717, 1.165) is 0 Å². The second-order valence-corrected chi connectivity index (χ2v) is 3.64. The average Bonchev–Trinajstić information content (AvgIpc) is 2.43. The summed E-state index contributed by atoms with van der Waals surface area (Å²) in [5.74, 6) is -0.920. The van der Waals surface area contributed by atoms with Crippen molar-refractivity contribution in [3.63, 3.8) is 0 Å². The van der Waals surface area contributed by atoms with Gasteiger partial charge in [-0.05, 0) is 6.42 Å². The van der Waals surface area contributed by atoms with E-state index in [1.54, 1.807) is 0 Å². The molecule has 2 saturated heterocycles. The predicted molar refractivity (Wildman–Crippen MR) is 44.4 cm³/mol. The minimum absolute atomic E-state index is 0.119. The molecule has 0 bridgehead atoms. The van der Waals surface area contributed by atoms with Crippen LogP contribution in [-0.4, -0.2) is 38.4 Å². The minimum Gasteiger partial charge on any atom is -0.393 e. The van der Waals surface area contributed by atoms with Crippen LogP contribution < -0.4 is 0 Å². The summed E-state index contributed by atoms with van der Waals surface area (Å²) in [6, 6.07) is 0. The standard InChI is InChI=1S/C9H12O5/c1-12-6-5-13-3-2-9(6)4-7(10)14-8(9)11/h6H,2-5H2,1H3. The van der Waals surface area contributed by atoms with Gasteiger partial charge in [0.05, 0.1) is 19.1 Å². The summed E-state index contributed by atoms with van der Waals surface area (Å²) in [6.45, 7) is 0.821. The highest BCUT2D eigenvalue weighted by atomic mass is 16.6. The molecule has 0 aromatic heterocycles. The zero-order valence-electron chi connectivity index (χ0n) is 7.95. The van der Waals surface area contributed by atoms with Gasteiger partial charge in [-0.15, -0.1) is 0 Å². The van der Waals surface area contributed by atoms with Crippen LogP contribution in [0, 0.1) is 5.41 Å². The van der Waals surface area contributed by atoms with Gasteiger partial charge < -0.3 is 14.2 Å². The molecule has 0 amide bonds. The molecule has 2 heterocycles. The van der Waals surface area contributed by atoms with Gasteiger partial charge in [0, 0.05) is 13.7 Å². The fourth-order valence-electron chi connectivity index (χ4n) is 2.07. The number of carbonyl (C=O) groups excluding carboxylic acids is 2. The first-order valence-corrected chi connectivity index (χ1v) is 4.55. The van der Waals surface area contributed by atoms with Crippen LogP contribution >= 0.6 is 0 Å². The second kappa shape index (κ2) is 3.33. The summed E-state index contributed by atoms with van der Waals surface area (Å²) in [5.41, 5.74) is -0.788. The largest absolute Gasteiger partial charge is 0.393 e. The summed E-state index contributed by atoms with van der Waals surface area (Å²) in [6.07, 6.45) is 0.249. The lowest BCUT2D eigenvalue weighted by molar-refractivity contribution is -0.167. The maximum absolute atomic E-state index is 11.6. The van der Waals surface area contributed by atoms with Crippen LogP contribution in [0.3, 0.4) is 0 Å². The average molecular weight is 200 g/mol. The van der Waals surface area contributed by atoms with Gasteiger partial charge in [-0.3, -0.25) is 9.59 Å². The molecule has 0 aromatic carbocycles. The molecule has 2 aliphatic rings. The smallest absolute Gasteiger partial charge is 0.323 e. The molecule has 78 valence electrons. The monoisotopic (exact) mass is 200 g/mol. The predicted octanol–water partition coefficient (Wildman–Crippen LogP) is -0.118. The van der Waals surface area contributed by atoms with Gasteiger partial charge in [0.25, 0.3) is 0 Å². The van der Waals surface area contributed by atoms with Gasteiger partial charge in [-0.1, -0.05) is 0 Å². The van der Waals surface area contributed by atoms with Crippen molar-refractivity contribution >= 4 is 11.9 Å². The normalized spacial score (nSPS) is 37.6. The molecule has 2 atom stereocenters. The molecule has 0 aromatic rings. The quantitative estimate of drug-likeness (QED) is 0.436. The van der Waals surface area contributed by atoms with Crippen LogP contribution in [0.15, 0.2) is 0 Å². The fraction of sp³-hybridized carbons (Fsp3) is 0.778. The van der Waals surface area contributed by atoms with E-state index in [1.165, 1.54) is 7.11 Å². The molecule has 0 radical (unpaired) electrons. The Hall–Kier alpha value is -0.940. The first-order valence-electron chi connectivity index (χ1n) is 4.55. The van der Waals surface area contributed by atoms with E-state index in [1.807, 2.05) is 0 Å². The van der Waals surface area contributed by atoms with E-state index in [0.29, 0.717) is 19.6 Å². The number of methoxy groups -OCH3 is 1. The van der Waals surface area contributed by atoms with Gasteiger partial charge in [0.15, 0.2) is 0 Å². The van der Waals surface area contributed by atoms with Gasteiger partial charge in [0.1, 0.15) is 5.41 Å². The molecular weight excluding hydrogens is 188 g/mol. The van der Waals surface area contributed by atoms with Gasteiger partial charge in [-0.2, -0.15) is 0 Å². The minimum atomic E-state index is -0.788. The number of hydrogen-bond donors (Lipinski definition) is 0. The first kappa shape index (κ1) is 9.61. The van der Waals surface area contributed by atoms with Crippen molar-refractivity contribution in [2.75, 3.05) is 20.3 Å². The molecule has 0 N–H and O–H groups in total. The van der Waals surface area contributed by atoms with Crippen molar-refractivity contribution in [2.24, 2.45) is 5.41 Å². The topological polar surface area (TPSA) is 61.8 Å². The third-order valence-corrected chi connectivity index (χ3v) is 2.94. The van der Waals surface area contributed by atoms with Crippen LogP contribution in [0.4, 0.5) is 0 Å². The Labute approximate surface area is 81.3 Å². The van der Waals surface area contributed by atoms with Crippen molar-refractivity contribution < 1.29 is 23.8 Å². The Balaban J connectivity index is 2.26. The highest BCUT2D eigenvalue weighted by Gasteiger charge is 2.56. The third-order valence-electron chi connectivity index (χ3n) is 2.94. The summed E-state index contributed by atoms with van der Waals surface area (Å²) in [4.78, 5) is 22.6. The number of cyclic esters (lactones) is 2. The Morgan fingerprint density at radius 3 is 2.86 bits per heavy atom. The van der Waals surface area contributed by atoms with E-state index in [9.17, 15) is 9.59 Å². The van der Waals surface area contributed by atoms with Crippen molar-refractivity contribution in [2.45, 2.75) is 18.9 Å². The molecule has 2 fully saturated rings. The highest BCUT2D eigenvalue weighted by Crippen LogP contribution is 2.41. The van der Waals surface area contributed by atoms with Crippen LogP contribution in [0.1, 0.15) is 12.8 Å². The zero-order valence-corrected chi connectivity index (χ0v) is 7.95. The Morgan fingerprint density at radius 1 is 1.50 bits per heavy atom. The Morgan fingerprint density at radius 2 is 2.29 bits per heavy atom. The van der Waals surface area contributed by atoms with Crippen molar-refractivity contribution in [3.8, 4) is 0 Å². The fourth-order valence-corrected chi connectivity index (χ4v) is 2.07. The van der Waals surface area contributed by atoms with E-state index in [4.69, 9.17) is 9.47 Å². The van der Waals surface area contributed by atoms with Crippen molar-refractivity contribution in [3.05, 3.63) is 0 Å². The van der Waals surface area contributed by atoms with Crippen LogP contribution in [0.2, 0.25) is 0 Å². The highest BCUT2D eigenvalue weighted by molar-refractivity contribution is 5.97. The summed E-state index contributed by atoms with van der Waals surface area (Å²) in [7, 11) is 1.51. The van der Waals surface area contributed by atoms with E-state index in [2.05, 4.69) is 4.74 Å². The SMILES string of the molecule is COC1COCCC12CC(=O)OC2=O. The molecule has 14 heavy (non-hydrogen) atoms. The van der Waals surface area contributed by atoms with Crippen LogP contribution in [-0.2, 0) is 23.8 Å². The first-order chi connectivity index (χ1) is 6.69.